The Balaban J connectivity index is 3.62. The minimum atomic E-state index is 0.726. The van der Waals surface area contributed by atoms with Crippen LogP contribution in [0.15, 0.2) is 15.3 Å². The number of aliphatic imine (C=N–C) groups is 1. The van der Waals surface area contributed by atoms with Crippen LogP contribution >= 0.6 is 0 Å². The summed E-state index contributed by atoms with van der Waals surface area (Å²) in [4.78, 5) is 3.89. The lowest BCUT2D eigenvalue weighted by atomic mass is 10.2. The van der Waals surface area contributed by atoms with E-state index >= 15 is 0 Å². The molecule has 58 valence electrons. The zero-order valence-corrected chi connectivity index (χ0v) is 6.54. The fourth-order valence-electron chi connectivity index (χ4n) is 0.608. The Morgan fingerprint density at radius 2 is 2.20 bits per heavy atom. The molecule has 0 bridgehead atoms. The molecule has 0 radical (unpaired) electrons. The lowest BCUT2D eigenvalue weighted by Crippen LogP contribution is -1.93. The molecule has 2 N–H and O–H groups in total. The summed E-state index contributed by atoms with van der Waals surface area (Å²) in [5.74, 6) is 5.58. The fraction of sp³-hybridized carbons (Fsp3) is 0.833. The zero-order chi connectivity index (χ0) is 7.82. The maximum atomic E-state index is 4.85. The second-order valence-electron chi connectivity index (χ2n) is 1.96. The Bertz CT molecular complexity index is 128. The summed E-state index contributed by atoms with van der Waals surface area (Å²) in [6.45, 7) is 2.12. The van der Waals surface area contributed by atoms with Crippen LogP contribution in [0.1, 0.15) is 26.2 Å². The number of hydrogen-bond donors (Lipinski definition) is 1. The van der Waals surface area contributed by atoms with Gasteiger partial charge in [0.05, 0.1) is 0 Å². The second kappa shape index (κ2) is 6.19. The Labute approximate surface area is 61.2 Å². The van der Waals surface area contributed by atoms with Gasteiger partial charge in [-0.25, -0.2) is 0 Å². The molecule has 0 aromatic carbocycles. The first-order valence-electron chi connectivity index (χ1n) is 3.41. The molecule has 0 atom stereocenters. The van der Waals surface area contributed by atoms with Gasteiger partial charge in [0.2, 0.25) is 0 Å². The monoisotopic (exact) mass is 142 g/mol. The first-order valence-corrected chi connectivity index (χ1v) is 3.41. The highest BCUT2D eigenvalue weighted by atomic mass is 15.3. The highest BCUT2D eigenvalue weighted by molar-refractivity contribution is 5.82. The van der Waals surface area contributed by atoms with Gasteiger partial charge in [0, 0.05) is 13.5 Å². The minimum absolute atomic E-state index is 0.726. The van der Waals surface area contributed by atoms with E-state index in [1.807, 2.05) is 0 Å². The molecule has 0 saturated carbocycles. The quantitative estimate of drug-likeness (QED) is 0.210. The summed E-state index contributed by atoms with van der Waals surface area (Å²) in [5, 5.41) is 6.79. The van der Waals surface area contributed by atoms with Gasteiger partial charge >= 0.3 is 0 Å². The molecule has 0 amide bonds. The Morgan fingerprint density at radius 1 is 1.50 bits per heavy atom. The van der Waals surface area contributed by atoms with Gasteiger partial charge < -0.3 is 5.84 Å². The summed E-state index contributed by atoms with van der Waals surface area (Å²) in [7, 11) is 1.69. The van der Waals surface area contributed by atoms with E-state index in [4.69, 9.17) is 5.84 Å². The normalized spacial score (nSPS) is 12.8. The van der Waals surface area contributed by atoms with E-state index in [-0.39, 0.29) is 0 Å². The number of unbranched alkanes of at least 4 members (excludes halogenated alkanes) is 1. The number of amidine groups is 1. The predicted octanol–water partition coefficient (Wildman–Crippen LogP) is 1.53. The van der Waals surface area contributed by atoms with Gasteiger partial charge in [-0.15, -0.1) is 5.11 Å². The van der Waals surface area contributed by atoms with Gasteiger partial charge in [-0.3, -0.25) is 4.99 Å². The molecule has 0 rings (SSSR count). The molecule has 0 spiro atoms. The topological polar surface area (TPSA) is 63.1 Å². The van der Waals surface area contributed by atoms with Crippen molar-refractivity contribution in [2.75, 3.05) is 7.05 Å². The fourth-order valence-corrected chi connectivity index (χ4v) is 0.608. The minimum Gasteiger partial charge on any atom is -0.305 e. The van der Waals surface area contributed by atoms with E-state index in [0.717, 1.165) is 25.1 Å². The average molecular weight is 142 g/mol. The van der Waals surface area contributed by atoms with Gasteiger partial charge in [-0.2, -0.15) is 0 Å². The summed E-state index contributed by atoms with van der Waals surface area (Å²) in [6.07, 6.45) is 3.10. The van der Waals surface area contributed by atoms with Gasteiger partial charge in [-0.1, -0.05) is 18.6 Å². The number of hydrogen-bond acceptors (Lipinski definition) is 2. The highest BCUT2D eigenvalue weighted by Gasteiger charge is 1.92. The predicted molar refractivity (Wildman–Crippen MR) is 41.9 cm³/mol. The van der Waals surface area contributed by atoms with Gasteiger partial charge in [0.25, 0.3) is 0 Å². The summed E-state index contributed by atoms with van der Waals surface area (Å²) >= 11 is 0. The maximum Gasteiger partial charge on any atom is 0.147 e. The van der Waals surface area contributed by atoms with E-state index < -0.39 is 0 Å². The average Bonchev–Trinajstić information content (AvgIpc) is 1.98. The third-order valence-electron chi connectivity index (χ3n) is 1.19. The number of rotatable bonds is 3. The molecule has 0 aliphatic rings. The van der Waals surface area contributed by atoms with E-state index in [9.17, 15) is 0 Å². The van der Waals surface area contributed by atoms with Crippen molar-refractivity contribution < 1.29 is 0 Å². The van der Waals surface area contributed by atoms with Crippen LogP contribution in [0, 0.1) is 0 Å². The molecule has 0 aliphatic heterocycles. The molecule has 4 heteroatoms. The SMILES string of the molecule is CCCCC(N=NN)=NC. The van der Waals surface area contributed by atoms with Crippen LogP contribution in [-0.4, -0.2) is 12.9 Å². The molecule has 0 saturated heterocycles. The van der Waals surface area contributed by atoms with Crippen molar-refractivity contribution >= 4 is 5.84 Å². The smallest absolute Gasteiger partial charge is 0.147 e. The molecule has 0 aliphatic carbocycles. The first kappa shape index (κ1) is 9.07. The van der Waals surface area contributed by atoms with Gasteiger partial charge in [0.15, 0.2) is 0 Å². The van der Waals surface area contributed by atoms with Gasteiger partial charge in [0.1, 0.15) is 5.84 Å². The summed E-state index contributed by atoms with van der Waals surface area (Å²) < 4.78 is 0. The molecule has 10 heavy (non-hydrogen) atoms. The van der Waals surface area contributed by atoms with Crippen molar-refractivity contribution in [3.05, 3.63) is 0 Å². The Hall–Kier alpha value is -0.930. The van der Waals surface area contributed by atoms with E-state index in [1.165, 1.54) is 0 Å². The van der Waals surface area contributed by atoms with E-state index in [0.29, 0.717) is 0 Å². The molecule has 0 aromatic rings. The van der Waals surface area contributed by atoms with E-state index in [1.54, 1.807) is 7.05 Å². The van der Waals surface area contributed by atoms with Crippen LogP contribution in [-0.2, 0) is 0 Å². The van der Waals surface area contributed by atoms with Crippen molar-refractivity contribution in [1.29, 1.82) is 0 Å². The van der Waals surface area contributed by atoms with Crippen molar-refractivity contribution in [1.82, 2.24) is 0 Å². The first-order chi connectivity index (χ1) is 4.85. The summed E-state index contributed by atoms with van der Waals surface area (Å²) in [5.41, 5.74) is 0. The third kappa shape index (κ3) is 4.00. The lowest BCUT2D eigenvalue weighted by Gasteiger charge is -1.93. The third-order valence-corrected chi connectivity index (χ3v) is 1.19. The standard InChI is InChI=1S/C6H14N4/c1-3-4-5-6(8-2)9-10-7/h3-5H2,1-2H3,(H2,7,8,9). The van der Waals surface area contributed by atoms with Crippen LogP contribution in [0.4, 0.5) is 0 Å². The van der Waals surface area contributed by atoms with Crippen LogP contribution < -0.4 is 5.84 Å². The van der Waals surface area contributed by atoms with Crippen LogP contribution in [0.25, 0.3) is 0 Å². The zero-order valence-electron chi connectivity index (χ0n) is 6.54. The Kier molecular flexibility index (Phi) is 5.62. The van der Waals surface area contributed by atoms with Gasteiger partial charge in [-0.05, 0) is 6.42 Å². The molecule has 0 fully saturated rings. The van der Waals surface area contributed by atoms with Crippen molar-refractivity contribution in [3.8, 4) is 0 Å². The summed E-state index contributed by atoms with van der Waals surface area (Å²) in [6, 6.07) is 0. The van der Waals surface area contributed by atoms with Crippen LogP contribution in [0.3, 0.4) is 0 Å². The maximum absolute atomic E-state index is 4.85. The molecular formula is C6H14N4. The Morgan fingerprint density at radius 3 is 2.60 bits per heavy atom. The molecule has 4 nitrogen and oxygen atoms in total. The molecule has 0 aromatic heterocycles. The largest absolute Gasteiger partial charge is 0.305 e. The molecule has 0 heterocycles. The van der Waals surface area contributed by atoms with Crippen molar-refractivity contribution in [2.24, 2.45) is 21.2 Å². The van der Waals surface area contributed by atoms with E-state index in [2.05, 4.69) is 22.3 Å². The highest BCUT2D eigenvalue weighted by Crippen LogP contribution is 1.97. The molecule has 0 unspecified atom stereocenters. The van der Waals surface area contributed by atoms with Crippen molar-refractivity contribution in [2.45, 2.75) is 26.2 Å². The number of nitrogens with two attached hydrogens (primary N) is 1. The number of nitrogens with zero attached hydrogens (tertiary/aromatic N) is 3. The van der Waals surface area contributed by atoms with Crippen LogP contribution in [0.5, 0.6) is 0 Å². The van der Waals surface area contributed by atoms with Crippen LogP contribution in [0.2, 0.25) is 0 Å². The lowest BCUT2D eigenvalue weighted by molar-refractivity contribution is 0.824. The van der Waals surface area contributed by atoms with Crippen molar-refractivity contribution in [3.63, 3.8) is 0 Å². The second-order valence-corrected chi connectivity index (χ2v) is 1.96. The molecular weight excluding hydrogens is 128 g/mol.